The van der Waals surface area contributed by atoms with Gasteiger partial charge in [0, 0.05) is 47.2 Å². The fourth-order valence-electron chi connectivity index (χ4n) is 0.684. The number of aliphatic carboxylic acids is 3. The number of carboxylic acids is 3. The van der Waals surface area contributed by atoms with Gasteiger partial charge in [-0.05, 0) is 0 Å². The molecule has 0 heterocycles. The predicted molar refractivity (Wildman–Crippen MR) is 35.2 cm³/mol. The molecule has 0 aliphatic rings. The van der Waals surface area contributed by atoms with Crippen molar-refractivity contribution in [3.05, 3.63) is 0 Å². The number of carboxylic acid groups (broad SMARTS) is 3. The van der Waals surface area contributed by atoms with Crippen molar-refractivity contribution < 1.29 is 57.2 Å². The zero-order valence-electron chi connectivity index (χ0n) is 7.61. The SMILES string of the molecule is O=C([O-])CC(O)(CC(=O)[O-])C(=O)[O-].[Au].[NH4+]. The van der Waals surface area contributed by atoms with Crippen molar-refractivity contribution in [3.8, 4) is 0 Å². The summed E-state index contributed by atoms with van der Waals surface area (Å²) in [6.45, 7) is 0. The third-order valence-corrected chi connectivity index (χ3v) is 1.25. The normalized spacial score (nSPS) is 9.40. The van der Waals surface area contributed by atoms with Crippen LogP contribution in [0.5, 0.6) is 0 Å². The molecule has 8 nitrogen and oxygen atoms in total. The molecule has 0 saturated heterocycles. The summed E-state index contributed by atoms with van der Waals surface area (Å²) in [5.41, 5.74) is -2.97. The molecule has 0 amide bonds. The molecule has 0 atom stereocenters. The molecule has 0 aromatic heterocycles. The average Bonchev–Trinajstić information content (AvgIpc) is 1.82. The minimum atomic E-state index is -2.97. The fraction of sp³-hybridized carbons (Fsp3) is 0.500. The molecule has 0 aromatic carbocycles. The van der Waals surface area contributed by atoms with Crippen LogP contribution in [0.15, 0.2) is 0 Å². The number of hydrogen-bond acceptors (Lipinski definition) is 7. The van der Waals surface area contributed by atoms with Gasteiger partial charge in [-0.15, -0.1) is 0 Å². The van der Waals surface area contributed by atoms with Crippen molar-refractivity contribution in [1.82, 2.24) is 6.15 Å². The van der Waals surface area contributed by atoms with Gasteiger partial charge < -0.3 is 41.0 Å². The van der Waals surface area contributed by atoms with Gasteiger partial charge in [-0.25, -0.2) is 0 Å². The fourth-order valence-corrected chi connectivity index (χ4v) is 0.684. The first kappa shape index (κ1) is 19.6. The van der Waals surface area contributed by atoms with Crippen LogP contribution in [0.25, 0.3) is 0 Å². The zero-order valence-corrected chi connectivity index (χ0v) is 9.78. The number of carbonyl (C=O) groups is 3. The number of aliphatic hydroxyl groups is 1. The van der Waals surface area contributed by atoms with Crippen molar-refractivity contribution >= 4 is 17.9 Å². The molecule has 5 N–H and O–H groups in total. The molecule has 0 fully saturated rings. The molecule has 0 rings (SSSR count). The maximum absolute atomic E-state index is 10.1. The first-order chi connectivity index (χ1) is 5.78. The third kappa shape index (κ3) is 7.05. The molecule has 0 bridgehead atoms. The van der Waals surface area contributed by atoms with Gasteiger partial charge in [-0.1, -0.05) is 0 Å². The van der Waals surface area contributed by atoms with Crippen molar-refractivity contribution in [2.24, 2.45) is 0 Å². The minimum absolute atomic E-state index is 0. The number of hydrogen-bond donors (Lipinski definition) is 2. The Bertz CT molecular complexity index is 238. The van der Waals surface area contributed by atoms with Crippen LogP contribution in [-0.2, 0) is 36.8 Å². The Morgan fingerprint density at radius 3 is 1.40 bits per heavy atom. The van der Waals surface area contributed by atoms with Gasteiger partial charge in [0.05, 0.1) is 5.97 Å². The molecule has 0 aliphatic heterocycles. The summed E-state index contributed by atoms with van der Waals surface area (Å²) in [5, 5.41) is 38.9. The first-order valence-electron chi connectivity index (χ1n) is 3.11. The molecule has 0 unspecified atom stereocenters. The van der Waals surface area contributed by atoms with Crippen LogP contribution in [0.1, 0.15) is 12.8 Å². The monoisotopic (exact) mass is 404 g/mol. The van der Waals surface area contributed by atoms with Gasteiger partial charge in [-0.3, -0.25) is 0 Å². The van der Waals surface area contributed by atoms with Gasteiger partial charge in [0.2, 0.25) is 0 Å². The van der Waals surface area contributed by atoms with Crippen LogP contribution in [0.2, 0.25) is 0 Å². The van der Waals surface area contributed by atoms with Crippen LogP contribution in [-0.4, -0.2) is 28.6 Å². The zero-order chi connectivity index (χ0) is 10.6. The molecule has 9 heteroatoms. The van der Waals surface area contributed by atoms with Crippen molar-refractivity contribution in [3.63, 3.8) is 0 Å². The van der Waals surface area contributed by atoms with E-state index in [-0.39, 0.29) is 28.5 Å². The van der Waals surface area contributed by atoms with E-state index in [1.54, 1.807) is 0 Å². The maximum atomic E-state index is 10.1. The Morgan fingerprint density at radius 1 is 1.00 bits per heavy atom. The summed E-state index contributed by atoms with van der Waals surface area (Å²) in [7, 11) is 0. The van der Waals surface area contributed by atoms with E-state index < -0.39 is 36.4 Å². The van der Waals surface area contributed by atoms with E-state index >= 15 is 0 Å². The van der Waals surface area contributed by atoms with Gasteiger partial charge in [0.15, 0.2) is 0 Å². The van der Waals surface area contributed by atoms with Crippen LogP contribution in [0.4, 0.5) is 0 Å². The average molecular weight is 404 g/mol. The van der Waals surface area contributed by atoms with E-state index in [2.05, 4.69) is 0 Å². The third-order valence-electron chi connectivity index (χ3n) is 1.25. The van der Waals surface area contributed by atoms with E-state index in [1.807, 2.05) is 0 Å². The largest absolute Gasteiger partial charge is 0.550 e. The smallest absolute Gasteiger partial charge is 0.114 e. The Morgan fingerprint density at radius 2 is 1.27 bits per heavy atom. The van der Waals surface area contributed by atoms with E-state index in [4.69, 9.17) is 5.11 Å². The molecular weight excluding hydrogens is 395 g/mol. The number of carbonyl (C=O) groups excluding carboxylic acids is 3. The molecular formula is C6H9AuNO7-2. The second kappa shape index (κ2) is 7.37. The van der Waals surface area contributed by atoms with E-state index in [1.165, 1.54) is 0 Å². The second-order valence-corrected chi connectivity index (χ2v) is 2.42. The molecule has 1 radical (unpaired) electrons. The summed E-state index contributed by atoms with van der Waals surface area (Å²) in [6.07, 6.45) is -2.72. The topological polar surface area (TPSA) is 177 Å². The minimum Gasteiger partial charge on any atom is -0.550 e. The van der Waals surface area contributed by atoms with Gasteiger partial charge in [0.25, 0.3) is 0 Å². The van der Waals surface area contributed by atoms with E-state index in [0.717, 1.165) is 0 Å². The second-order valence-electron chi connectivity index (χ2n) is 2.42. The summed E-state index contributed by atoms with van der Waals surface area (Å²) >= 11 is 0. The Hall–Kier alpha value is -0.930. The quantitative estimate of drug-likeness (QED) is 0.432. The molecule has 93 valence electrons. The van der Waals surface area contributed by atoms with Crippen LogP contribution >= 0.6 is 0 Å². The maximum Gasteiger partial charge on any atom is 0.114 e. The Labute approximate surface area is 100.0 Å². The van der Waals surface area contributed by atoms with E-state index in [0.29, 0.717) is 0 Å². The van der Waals surface area contributed by atoms with Crippen molar-refractivity contribution in [2.45, 2.75) is 18.4 Å². The summed E-state index contributed by atoms with van der Waals surface area (Å²) in [5.74, 6) is -5.98. The van der Waals surface area contributed by atoms with Crippen LogP contribution < -0.4 is 21.5 Å². The van der Waals surface area contributed by atoms with Gasteiger partial charge in [0.1, 0.15) is 5.60 Å². The first-order valence-corrected chi connectivity index (χ1v) is 3.11. The summed E-state index contributed by atoms with van der Waals surface area (Å²) < 4.78 is 0. The number of quaternary nitrogens is 1. The standard InChI is InChI=1S/C6H8O7.Au.H3N/c7-3(8)1-6(13,5(11)12)2-4(9)10;;/h13H,1-2H2,(H,7,8)(H,9,10)(H,11,12);;1H3/p-2. The molecule has 15 heavy (non-hydrogen) atoms. The van der Waals surface area contributed by atoms with Crippen molar-refractivity contribution in [2.75, 3.05) is 0 Å². The molecule has 0 saturated carbocycles. The van der Waals surface area contributed by atoms with Crippen LogP contribution in [0.3, 0.4) is 0 Å². The summed E-state index contributed by atoms with van der Waals surface area (Å²) in [6, 6.07) is 0. The van der Waals surface area contributed by atoms with Gasteiger partial charge in [-0.2, -0.15) is 0 Å². The summed E-state index contributed by atoms with van der Waals surface area (Å²) in [4.78, 5) is 30.0. The van der Waals surface area contributed by atoms with E-state index in [9.17, 15) is 29.7 Å². The Kier molecular flexibility index (Phi) is 9.64. The van der Waals surface area contributed by atoms with Crippen LogP contribution in [0, 0.1) is 0 Å². The van der Waals surface area contributed by atoms with Crippen molar-refractivity contribution in [1.29, 1.82) is 0 Å². The predicted octanol–water partition coefficient (Wildman–Crippen LogP) is -4.88. The Balaban J connectivity index is -0.000000720. The molecule has 0 aromatic rings. The number of rotatable bonds is 5. The van der Waals surface area contributed by atoms with Gasteiger partial charge >= 0.3 is 0 Å². The molecule has 0 aliphatic carbocycles. The molecule has 0 spiro atoms.